The zero-order valence-electron chi connectivity index (χ0n) is 30.2. The number of benzene rings is 8. The molecule has 0 aliphatic carbocycles. The molecule has 262 valence electrons. The predicted octanol–water partition coefficient (Wildman–Crippen LogP) is 13.7. The molecule has 0 saturated heterocycles. The van der Waals surface area contributed by atoms with Gasteiger partial charge in [0, 0.05) is 53.3 Å². The molecule has 0 fully saturated rings. The molecular formula is C51H32N4S. The molecule has 4 nitrogen and oxygen atoms in total. The van der Waals surface area contributed by atoms with Gasteiger partial charge in [0.1, 0.15) is 0 Å². The van der Waals surface area contributed by atoms with Crippen molar-refractivity contribution in [3.63, 3.8) is 0 Å². The summed E-state index contributed by atoms with van der Waals surface area (Å²) in [5.41, 5.74) is 11.0. The van der Waals surface area contributed by atoms with E-state index in [9.17, 15) is 0 Å². The van der Waals surface area contributed by atoms with Crippen molar-refractivity contribution in [2.75, 3.05) is 0 Å². The van der Waals surface area contributed by atoms with Crippen LogP contribution < -0.4 is 0 Å². The van der Waals surface area contributed by atoms with Gasteiger partial charge in [0.15, 0.2) is 17.5 Å². The fourth-order valence-electron chi connectivity index (χ4n) is 7.95. The smallest absolute Gasteiger partial charge is 0.164 e. The molecule has 11 aromatic rings. The fourth-order valence-corrected chi connectivity index (χ4v) is 9.20. The molecule has 3 aromatic heterocycles. The molecule has 0 aliphatic rings. The van der Waals surface area contributed by atoms with E-state index in [1.165, 1.54) is 53.1 Å². The SMILES string of the molecule is c1ccc(-c2ccc3c4c5sc6ccccc6c5ccc4n(-c4cccc(-c5ccc(-c6nc(-c7ccccc7)nc(-c7ccccc7)n6)cc5)c4)c3c2)cc1. The third-order valence-corrected chi connectivity index (χ3v) is 11.9. The number of rotatable bonds is 6. The van der Waals surface area contributed by atoms with Gasteiger partial charge < -0.3 is 4.57 Å². The number of thiophene rings is 1. The Morgan fingerprint density at radius 3 is 1.52 bits per heavy atom. The minimum atomic E-state index is 0.644. The van der Waals surface area contributed by atoms with Crippen molar-refractivity contribution in [1.82, 2.24) is 19.5 Å². The van der Waals surface area contributed by atoms with Crippen LogP contribution in [0.2, 0.25) is 0 Å². The molecule has 0 amide bonds. The van der Waals surface area contributed by atoms with E-state index in [4.69, 9.17) is 15.0 Å². The Bertz CT molecular complexity index is 3160. The van der Waals surface area contributed by atoms with E-state index in [2.05, 4.69) is 138 Å². The maximum Gasteiger partial charge on any atom is 0.164 e. The third-order valence-electron chi connectivity index (χ3n) is 10.7. The first-order valence-electron chi connectivity index (χ1n) is 18.8. The first-order valence-corrected chi connectivity index (χ1v) is 19.6. The summed E-state index contributed by atoms with van der Waals surface area (Å²) >= 11 is 1.89. The summed E-state index contributed by atoms with van der Waals surface area (Å²) in [5.74, 6) is 1.95. The summed E-state index contributed by atoms with van der Waals surface area (Å²) in [6, 6.07) is 68.6. The fraction of sp³-hybridized carbons (Fsp3) is 0. The van der Waals surface area contributed by atoms with Gasteiger partial charge in [0.2, 0.25) is 0 Å². The van der Waals surface area contributed by atoms with E-state index in [1.54, 1.807) is 0 Å². The van der Waals surface area contributed by atoms with E-state index in [1.807, 2.05) is 72.0 Å². The van der Waals surface area contributed by atoms with Gasteiger partial charge in [-0.05, 0) is 52.6 Å². The Morgan fingerprint density at radius 1 is 0.339 bits per heavy atom. The predicted molar refractivity (Wildman–Crippen MR) is 234 cm³/mol. The number of fused-ring (bicyclic) bond motifs is 7. The molecule has 5 heteroatoms. The highest BCUT2D eigenvalue weighted by Crippen LogP contribution is 2.44. The van der Waals surface area contributed by atoms with Crippen molar-refractivity contribution in [2.24, 2.45) is 0 Å². The molecular weight excluding hydrogens is 701 g/mol. The van der Waals surface area contributed by atoms with Crippen LogP contribution in [0.4, 0.5) is 0 Å². The highest BCUT2D eigenvalue weighted by Gasteiger charge is 2.19. The van der Waals surface area contributed by atoms with Crippen LogP contribution in [-0.2, 0) is 0 Å². The van der Waals surface area contributed by atoms with Crippen LogP contribution in [0.15, 0.2) is 194 Å². The summed E-state index contributed by atoms with van der Waals surface area (Å²) < 4.78 is 5.09. The number of aromatic nitrogens is 4. The molecule has 11 rings (SSSR count). The van der Waals surface area contributed by atoms with Gasteiger partial charge in [-0.15, -0.1) is 11.3 Å². The second-order valence-electron chi connectivity index (χ2n) is 14.0. The summed E-state index contributed by atoms with van der Waals surface area (Å²) in [5, 5.41) is 5.18. The number of hydrogen-bond donors (Lipinski definition) is 0. The molecule has 0 spiro atoms. The van der Waals surface area contributed by atoms with Crippen LogP contribution in [0, 0.1) is 0 Å². The summed E-state index contributed by atoms with van der Waals surface area (Å²) in [6.07, 6.45) is 0. The number of hydrogen-bond acceptors (Lipinski definition) is 4. The average Bonchev–Trinajstić information content (AvgIpc) is 3.83. The lowest BCUT2D eigenvalue weighted by molar-refractivity contribution is 1.07. The third kappa shape index (κ3) is 5.48. The highest BCUT2D eigenvalue weighted by atomic mass is 32.1. The monoisotopic (exact) mass is 732 g/mol. The molecule has 3 heterocycles. The van der Waals surface area contributed by atoms with Gasteiger partial charge in [-0.1, -0.05) is 164 Å². The van der Waals surface area contributed by atoms with Crippen molar-refractivity contribution < 1.29 is 0 Å². The molecule has 8 aromatic carbocycles. The molecule has 0 unspecified atom stereocenters. The van der Waals surface area contributed by atoms with Gasteiger partial charge in [0.05, 0.1) is 11.0 Å². The lowest BCUT2D eigenvalue weighted by Gasteiger charge is -2.12. The maximum absolute atomic E-state index is 4.95. The Balaban J connectivity index is 1.04. The Hall–Kier alpha value is -7.21. The van der Waals surface area contributed by atoms with Gasteiger partial charge >= 0.3 is 0 Å². The molecule has 0 saturated carbocycles. The van der Waals surface area contributed by atoms with Crippen LogP contribution in [0.3, 0.4) is 0 Å². The quantitative estimate of drug-likeness (QED) is 0.171. The lowest BCUT2D eigenvalue weighted by atomic mass is 10.0. The largest absolute Gasteiger partial charge is 0.309 e. The molecule has 0 bridgehead atoms. The molecule has 56 heavy (non-hydrogen) atoms. The number of nitrogens with zero attached hydrogens (tertiary/aromatic N) is 4. The van der Waals surface area contributed by atoms with Crippen molar-refractivity contribution in [3.8, 4) is 62.1 Å². The molecule has 0 radical (unpaired) electrons. The van der Waals surface area contributed by atoms with E-state index in [0.717, 1.165) is 33.5 Å². The lowest BCUT2D eigenvalue weighted by Crippen LogP contribution is -2.00. The second kappa shape index (κ2) is 13.3. The van der Waals surface area contributed by atoms with Gasteiger partial charge in [0.25, 0.3) is 0 Å². The van der Waals surface area contributed by atoms with Crippen LogP contribution in [-0.4, -0.2) is 19.5 Å². The van der Waals surface area contributed by atoms with Crippen LogP contribution in [0.5, 0.6) is 0 Å². The Morgan fingerprint density at radius 2 is 0.839 bits per heavy atom. The van der Waals surface area contributed by atoms with Gasteiger partial charge in [-0.25, -0.2) is 15.0 Å². The van der Waals surface area contributed by atoms with Crippen molar-refractivity contribution in [3.05, 3.63) is 194 Å². The van der Waals surface area contributed by atoms with E-state index < -0.39 is 0 Å². The minimum absolute atomic E-state index is 0.644. The summed E-state index contributed by atoms with van der Waals surface area (Å²) in [7, 11) is 0. The van der Waals surface area contributed by atoms with Crippen molar-refractivity contribution in [1.29, 1.82) is 0 Å². The van der Waals surface area contributed by atoms with E-state index >= 15 is 0 Å². The first-order chi connectivity index (χ1) is 27.7. The zero-order chi connectivity index (χ0) is 37.0. The molecule has 0 aliphatic heterocycles. The van der Waals surface area contributed by atoms with Crippen LogP contribution in [0.1, 0.15) is 0 Å². The van der Waals surface area contributed by atoms with Crippen LogP contribution >= 0.6 is 11.3 Å². The molecule has 0 atom stereocenters. The second-order valence-corrected chi connectivity index (χ2v) is 15.1. The normalized spacial score (nSPS) is 11.6. The maximum atomic E-state index is 4.95. The Kier molecular flexibility index (Phi) is 7.64. The summed E-state index contributed by atoms with van der Waals surface area (Å²) in [4.78, 5) is 14.8. The summed E-state index contributed by atoms with van der Waals surface area (Å²) in [6.45, 7) is 0. The van der Waals surface area contributed by atoms with E-state index in [-0.39, 0.29) is 0 Å². The molecule has 0 N–H and O–H groups in total. The minimum Gasteiger partial charge on any atom is -0.309 e. The van der Waals surface area contributed by atoms with Crippen LogP contribution in [0.25, 0.3) is 104 Å². The standard InChI is InChI=1S/C51H32N4S/c1-4-13-33(14-5-1)39-27-28-43-45(32-39)55(44-30-29-42-41-21-10-11-22-46(41)56-48(42)47(43)44)40-20-12-19-38(31-40)34-23-25-37(26-24-34)51-53-49(35-15-6-2-7-16-35)52-50(54-51)36-17-8-3-9-18-36/h1-32H. The first kappa shape index (κ1) is 32.2. The zero-order valence-corrected chi connectivity index (χ0v) is 31.0. The van der Waals surface area contributed by atoms with Crippen molar-refractivity contribution >= 4 is 53.3 Å². The van der Waals surface area contributed by atoms with Gasteiger partial charge in [-0.3, -0.25) is 0 Å². The van der Waals surface area contributed by atoms with E-state index in [0.29, 0.717) is 17.5 Å². The highest BCUT2D eigenvalue weighted by molar-refractivity contribution is 7.26. The van der Waals surface area contributed by atoms with Gasteiger partial charge in [-0.2, -0.15) is 0 Å². The van der Waals surface area contributed by atoms with Crippen molar-refractivity contribution in [2.45, 2.75) is 0 Å². The average molecular weight is 733 g/mol. The Labute approximate surface area is 327 Å². The topological polar surface area (TPSA) is 43.6 Å².